The molecule has 2 aromatic heterocycles. The van der Waals surface area contributed by atoms with Crippen molar-refractivity contribution in [2.45, 2.75) is 51.5 Å². The summed E-state index contributed by atoms with van der Waals surface area (Å²) in [6.07, 6.45) is 9.62. The summed E-state index contributed by atoms with van der Waals surface area (Å²) in [7, 11) is 1.90. The zero-order valence-corrected chi connectivity index (χ0v) is 15.0. The van der Waals surface area contributed by atoms with E-state index in [2.05, 4.69) is 4.98 Å². The van der Waals surface area contributed by atoms with Crippen LogP contribution in [0.3, 0.4) is 0 Å². The van der Waals surface area contributed by atoms with E-state index < -0.39 is 0 Å². The molecule has 0 aliphatic heterocycles. The van der Waals surface area contributed by atoms with Gasteiger partial charge in [-0.25, -0.2) is 4.98 Å². The highest BCUT2D eigenvalue weighted by Gasteiger charge is 2.24. The van der Waals surface area contributed by atoms with Crippen molar-refractivity contribution < 1.29 is 14.3 Å². The zero-order chi connectivity index (χ0) is 17.1. The van der Waals surface area contributed by atoms with E-state index in [9.17, 15) is 9.59 Å². The molecule has 3 rings (SSSR count). The van der Waals surface area contributed by atoms with Gasteiger partial charge < -0.3 is 9.64 Å². The van der Waals surface area contributed by atoms with Crippen LogP contribution in [0.25, 0.3) is 4.96 Å². The predicted octanol–water partition coefficient (Wildman–Crippen LogP) is 2.91. The Hall–Kier alpha value is -1.89. The summed E-state index contributed by atoms with van der Waals surface area (Å²) in [5.74, 6) is -0.221. The fraction of sp³-hybridized carbons (Fsp3) is 0.588. The molecule has 130 valence electrons. The lowest BCUT2D eigenvalue weighted by molar-refractivity contribution is -0.142. The van der Waals surface area contributed by atoms with E-state index in [1.165, 1.54) is 30.6 Å². The molecule has 1 aliphatic rings. The average Bonchev–Trinajstić information content (AvgIpc) is 3.12. The molecule has 2 aromatic rings. The van der Waals surface area contributed by atoms with E-state index in [0.717, 1.165) is 17.8 Å². The highest BCUT2D eigenvalue weighted by molar-refractivity contribution is 7.18. The van der Waals surface area contributed by atoms with Gasteiger partial charge in [0.25, 0.3) is 5.91 Å². The summed E-state index contributed by atoms with van der Waals surface area (Å²) in [6, 6.07) is 0.347. The van der Waals surface area contributed by atoms with E-state index in [1.54, 1.807) is 13.1 Å². The standard InChI is InChI=1S/C17H23N3O3S/c1-3-23-15(21)9-12-10-20-11-14(24-17(20)18-12)16(22)19(2)13-7-5-4-6-8-13/h10-11,13H,3-9H2,1-2H3. The first-order valence-corrected chi connectivity index (χ1v) is 9.30. The van der Waals surface area contributed by atoms with Gasteiger partial charge in [-0.05, 0) is 19.8 Å². The Kier molecular flexibility index (Phi) is 5.18. The van der Waals surface area contributed by atoms with Crippen LogP contribution in [0.2, 0.25) is 0 Å². The fourth-order valence-corrected chi connectivity index (χ4v) is 4.16. The largest absolute Gasteiger partial charge is 0.466 e. The molecular formula is C17H23N3O3S. The number of hydrogen-bond acceptors (Lipinski definition) is 5. The first kappa shape index (κ1) is 17.0. The Labute approximate surface area is 145 Å². The molecule has 1 fully saturated rings. The monoisotopic (exact) mass is 349 g/mol. The van der Waals surface area contributed by atoms with E-state index in [-0.39, 0.29) is 18.3 Å². The molecule has 6 nitrogen and oxygen atoms in total. The van der Waals surface area contributed by atoms with Crippen molar-refractivity contribution >= 4 is 28.2 Å². The molecule has 1 amide bonds. The van der Waals surface area contributed by atoms with Crippen LogP contribution >= 0.6 is 11.3 Å². The smallest absolute Gasteiger partial charge is 0.311 e. The van der Waals surface area contributed by atoms with Crippen LogP contribution in [0.5, 0.6) is 0 Å². The number of imidazole rings is 1. The molecule has 7 heteroatoms. The third kappa shape index (κ3) is 3.61. The number of rotatable bonds is 5. The molecule has 24 heavy (non-hydrogen) atoms. The minimum atomic E-state index is -0.281. The number of hydrogen-bond donors (Lipinski definition) is 0. The molecule has 1 aliphatic carbocycles. The van der Waals surface area contributed by atoms with Gasteiger partial charge in [-0.3, -0.25) is 14.0 Å². The minimum absolute atomic E-state index is 0.0596. The van der Waals surface area contributed by atoms with Crippen molar-refractivity contribution in [3.05, 3.63) is 23.0 Å². The van der Waals surface area contributed by atoms with Crippen LogP contribution in [0.1, 0.15) is 54.4 Å². The zero-order valence-electron chi connectivity index (χ0n) is 14.2. The van der Waals surface area contributed by atoms with E-state index in [4.69, 9.17) is 4.74 Å². The third-order valence-electron chi connectivity index (χ3n) is 4.49. The molecular weight excluding hydrogens is 326 g/mol. The summed E-state index contributed by atoms with van der Waals surface area (Å²) in [5, 5.41) is 0. The second-order valence-electron chi connectivity index (χ2n) is 6.21. The fourth-order valence-electron chi connectivity index (χ4n) is 3.20. The maximum atomic E-state index is 12.7. The van der Waals surface area contributed by atoms with Gasteiger partial charge in [0.1, 0.15) is 4.88 Å². The van der Waals surface area contributed by atoms with E-state index >= 15 is 0 Å². The first-order chi connectivity index (χ1) is 11.6. The predicted molar refractivity (Wildman–Crippen MR) is 92.4 cm³/mol. The molecule has 0 N–H and O–H groups in total. The van der Waals surface area contributed by atoms with Gasteiger partial charge in [0.05, 0.1) is 18.7 Å². The molecule has 1 saturated carbocycles. The maximum absolute atomic E-state index is 12.7. The SMILES string of the molecule is CCOC(=O)Cc1cn2cc(C(=O)N(C)C3CCCCC3)sc2n1. The van der Waals surface area contributed by atoms with Gasteiger partial charge in [0.2, 0.25) is 0 Å². The Morgan fingerprint density at radius 1 is 1.33 bits per heavy atom. The summed E-state index contributed by atoms with van der Waals surface area (Å²) < 4.78 is 6.75. The van der Waals surface area contributed by atoms with Crippen molar-refractivity contribution in [2.24, 2.45) is 0 Å². The van der Waals surface area contributed by atoms with Crippen LogP contribution in [-0.2, 0) is 16.0 Å². The van der Waals surface area contributed by atoms with Crippen LogP contribution in [0.4, 0.5) is 0 Å². The Bertz CT molecular complexity index is 699. The molecule has 2 heterocycles. The van der Waals surface area contributed by atoms with Crippen molar-refractivity contribution in [1.29, 1.82) is 0 Å². The Balaban J connectivity index is 1.70. The molecule has 0 unspecified atom stereocenters. The molecule has 0 saturated heterocycles. The van der Waals surface area contributed by atoms with Gasteiger partial charge >= 0.3 is 5.97 Å². The number of ether oxygens (including phenoxy) is 1. The highest BCUT2D eigenvalue weighted by atomic mass is 32.1. The highest BCUT2D eigenvalue weighted by Crippen LogP contribution is 2.25. The molecule has 0 radical (unpaired) electrons. The molecule has 0 atom stereocenters. The minimum Gasteiger partial charge on any atom is -0.466 e. The van der Waals surface area contributed by atoms with Crippen molar-refractivity contribution in [3.63, 3.8) is 0 Å². The van der Waals surface area contributed by atoms with Crippen LogP contribution < -0.4 is 0 Å². The van der Waals surface area contributed by atoms with Gasteiger partial charge in [-0.15, -0.1) is 0 Å². The van der Waals surface area contributed by atoms with Crippen LogP contribution in [-0.4, -0.2) is 45.9 Å². The van der Waals surface area contributed by atoms with Crippen molar-refractivity contribution in [2.75, 3.05) is 13.7 Å². The van der Waals surface area contributed by atoms with Crippen molar-refractivity contribution in [1.82, 2.24) is 14.3 Å². The lowest BCUT2D eigenvalue weighted by atomic mass is 9.94. The average molecular weight is 349 g/mol. The normalized spacial score (nSPS) is 15.6. The number of carbonyl (C=O) groups excluding carboxylic acids is 2. The van der Waals surface area contributed by atoms with Gasteiger partial charge in [-0.2, -0.15) is 0 Å². The summed E-state index contributed by atoms with van der Waals surface area (Å²) in [6.45, 7) is 2.15. The number of carbonyl (C=O) groups is 2. The van der Waals surface area contributed by atoms with E-state index in [1.807, 2.05) is 22.5 Å². The Morgan fingerprint density at radius 2 is 2.08 bits per heavy atom. The second-order valence-corrected chi connectivity index (χ2v) is 7.22. The number of thiazole rings is 1. The van der Waals surface area contributed by atoms with E-state index in [0.29, 0.717) is 23.2 Å². The van der Waals surface area contributed by atoms with Gasteiger partial charge in [0, 0.05) is 25.5 Å². The lowest BCUT2D eigenvalue weighted by Gasteiger charge is -2.30. The Morgan fingerprint density at radius 3 is 2.75 bits per heavy atom. The molecule has 0 spiro atoms. The third-order valence-corrected chi connectivity index (χ3v) is 5.47. The molecule has 0 bridgehead atoms. The summed E-state index contributed by atoms with van der Waals surface area (Å²) in [4.78, 5) is 31.9. The number of nitrogens with zero attached hydrogens (tertiary/aromatic N) is 3. The van der Waals surface area contributed by atoms with Crippen LogP contribution in [0.15, 0.2) is 12.4 Å². The van der Waals surface area contributed by atoms with Gasteiger partial charge in [-0.1, -0.05) is 30.6 Å². The first-order valence-electron chi connectivity index (χ1n) is 8.48. The number of esters is 1. The maximum Gasteiger partial charge on any atom is 0.311 e. The summed E-state index contributed by atoms with van der Waals surface area (Å²) in [5.41, 5.74) is 0.666. The number of amides is 1. The van der Waals surface area contributed by atoms with Crippen molar-refractivity contribution in [3.8, 4) is 0 Å². The number of fused-ring (bicyclic) bond motifs is 1. The second kappa shape index (κ2) is 7.34. The quantitative estimate of drug-likeness (QED) is 0.779. The van der Waals surface area contributed by atoms with Crippen LogP contribution in [0, 0.1) is 0 Å². The summed E-state index contributed by atoms with van der Waals surface area (Å²) >= 11 is 1.37. The van der Waals surface area contributed by atoms with Gasteiger partial charge in [0.15, 0.2) is 4.96 Å². The lowest BCUT2D eigenvalue weighted by Crippen LogP contribution is -2.37. The molecule has 0 aromatic carbocycles. The number of aromatic nitrogens is 2. The topological polar surface area (TPSA) is 63.9 Å².